The van der Waals surface area contributed by atoms with Crippen LogP contribution < -0.4 is 0 Å². The van der Waals surface area contributed by atoms with Crippen molar-refractivity contribution in [3.05, 3.63) is 163 Å². The number of hydrogen-bond donors (Lipinski definition) is 0. The van der Waals surface area contributed by atoms with Gasteiger partial charge in [0.25, 0.3) is 0 Å². The number of furan rings is 1. The van der Waals surface area contributed by atoms with E-state index in [-0.39, 0.29) is 5.41 Å². The van der Waals surface area contributed by atoms with E-state index in [1.807, 2.05) is 30.3 Å². The van der Waals surface area contributed by atoms with Crippen LogP contribution in [-0.4, -0.2) is 14.5 Å². The summed E-state index contributed by atoms with van der Waals surface area (Å²) in [5, 5.41) is 5.67. The lowest BCUT2D eigenvalue weighted by Gasteiger charge is -2.22. The quantitative estimate of drug-likeness (QED) is 0.191. The van der Waals surface area contributed by atoms with Crippen LogP contribution in [0.15, 0.2) is 156 Å². The van der Waals surface area contributed by atoms with Crippen LogP contribution in [0.1, 0.15) is 25.0 Å². The second-order valence-electron chi connectivity index (χ2n) is 14.1. The van der Waals surface area contributed by atoms with Gasteiger partial charge in [-0.1, -0.05) is 123 Å². The zero-order chi connectivity index (χ0) is 33.8. The predicted molar refractivity (Wildman–Crippen MR) is 210 cm³/mol. The Hall–Kier alpha value is -6.52. The number of rotatable bonds is 3. The molecule has 0 amide bonds. The van der Waals surface area contributed by atoms with E-state index in [4.69, 9.17) is 14.4 Å². The molecule has 0 N–H and O–H groups in total. The number of nitrogens with zero attached hydrogens (tertiary/aromatic N) is 3. The molecule has 0 bridgehead atoms. The monoisotopic (exact) mass is 653 g/mol. The fourth-order valence-corrected chi connectivity index (χ4v) is 8.76. The van der Waals surface area contributed by atoms with Gasteiger partial charge >= 0.3 is 0 Å². The van der Waals surface area contributed by atoms with E-state index in [2.05, 4.69) is 140 Å². The van der Waals surface area contributed by atoms with Gasteiger partial charge in [0.2, 0.25) is 0 Å². The molecule has 51 heavy (non-hydrogen) atoms. The first kappa shape index (κ1) is 28.3. The summed E-state index contributed by atoms with van der Waals surface area (Å²) in [6, 6.07) is 53.7. The average molecular weight is 654 g/mol. The summed E-state index contributed by atoms with van der Waals surface area (Å²) in [4.78, 5) is 10.4. The van der Waals surface area contributed by atoms with E-state index in [0.717, 1.165) is 55.3 Å². The molecular formula is C47H31N3O. The summed E-state index contributed by atoms with van der Waals surface area (Å²) in [6.07, 6.45) is 0. The van der Waals surface area contributed by atoms with E-state index >= 15 is 0 Å². The lowest BCUT2D eigenvalue weighted by atomic mass is 9.80. The first-order valence-electron chi connectivity index (χ1n) is 17.5. The SMILES string of the molecule is CC1(C)c2ccccc2-c2ccc3c(c21)c1ccccc1n3-c1ccc2oc3cccc(-c4nc(-c5ccccc5)c5ccccc5n4)c3c2c1. The highest BCUT2D eigenvalue weighted by Crippen LogP contribution is 2.53. The van der Waals surface area contributed by atoms with Crippen molar-refractivity contribution in [3.63, 3.8) is 0 Å². The summed E-state index contributed by atoms with van der Waals surface area (Å²) < 4.78 is 8.94. The second-order valence-corrected chi connectivity index (χ2v) is 14.1. The molecular weight excluding hydrogens is 623 g/mol. The summed E-state index contributed by atoms with van der Waals surface area (Å²) in [6.45, 7) is 4.74. The van der Waals surface area contributed by atoms with Crippen molar-refractivity contribution in [3.8, 4) is 39.5 Å². The smallest absolute Gasteiger partial charge is 0.161 e. The van der Waals surface area contributed by atoms with Gasteiger partial charge in [-0.25, -0.2) is 9.97 Å². The lowest BCUT2D eigenvalue weighted by molar-refractivity contribution is 0.666. The molecule has 0 saturated carbocycles. The molecule has 0 saturated heterocycles. The van der Waals surface area contributed by atoms with Gasteiger partial charge in [0.1, 0.15) is 11.2 Å². The van der Waals surface area contributed by atoms with Crippen molar-refractivity contribution in [2.24, 2.45) is 0 Å². The molecule has 4 heteroatoms. The molecule has 0 spiro atoms. The van der Waals surface area contributed by atoms with Crippen molar-refractivity contribution < 1.29 is 4.42 Å². The normalized spacial score (nSPS) is 13.5. The molecule has 0 atom stereocenters. The molecule has 0 unspecified atom stereocenters. The van der Waals surface area contributed by atoms with Gasteiger partial charge in [-0.2, -0.15) is 0 Å². The highest BCUT2D eigenvalue weighted by Gasteiger charge is 2.38. The van der Waals surface area contributed by atoms with Crippen molar-refractivity contribution >= 4 is 54.6 Å². The molecule has 1 aliphatic rings. The van der Waals surface area contributed by atoms with E-state index in [0.29, 0.717) is 5.82 Å². The maximum absolute atomic E-state index is 6.52. The first-order chi connectivity index (χ1) is 25.1. The molecule has 3 aromatic heterocycles. The van der Waals surface area contributed by atoms with Crippen LogP contribution in [0.25, 0.3) is 94.1 Å². The Kier molecular flexibility index (Phi) is 5.70. The number of para-hydroxylation sites is 2. The van der Waals surface area contributed by atoms with Crippen LogP contribution in [0.3, 0.4) is 0 Å². The Morgan fingerprint density at radius 1 is 0.529 bits per heavy atom. The Labute approximate surface area is 294 Å². The number of hydrogen-bond acceptors (Lipinski definition) is 3. The molecule has 0 fully saturated rings. The molecule has 240 valence electrons. The highest BCUT2D eigenvalue weighted by atomic mass is 16.3. The summed E-state index contributed by atoms with van der Waals surface area (Å²) in [7, 11) is 0. The van der Waals surface area contributed by atoms with Gasteiger partial charge in [-0.3, -0.25) is 0 Å². The second kappa shape index (κ2) is 10.3. The van der Waals surface area contributed by atoms with Gasteiger partial charge < -0.3 is 8.98 Å². The van der Waals surface area contributed by atoms with Gasteiger partial charge in [-0.15, -0.1) is 0 Å². The predicted octanol–water partition coefficient (Wildman–Crippen LogP) is 12.3. The van der Waals surface area contributed by atoms with Crippen molar-refractivity contribution in [1.29, 1.82) is 0 Å². The van der Waals surface area contributed by atoms with E-state index in [9.17, 15) is 0 Å². The third kappa shape index (κ3) is 3.90. The Morgan fingerprint density at radius 3 is 2.20 bits per heavy atom. The zero-order valence-electron chi connectivity index (χ0n) is 28.2. The molecule has 4 nitrogen and oxygen atoms in total. The first-order valence-corrected chi connectivity index (χ1v) is 17.5. The van der Waals surface area contributed by atoms with E-state index < -0.39 is 0 Å². The molecule has 0 radical (unpaired) electrons. The molecule has 1 aliphatic carbocycles. The fraction of sp³-hybridized carbons (Fsp3) is 0.0638. The lowest BCUT2D eigenvalue weighted by Crippen LogP contribution is -2.15. The number of fused-ring (bicyclic) bond motifs is 11. The van der Waals surface area contributed by atoms with Crippen molar-refractivity contribution in [1.82, 2.24) is 14.5 Å². The molecule has 11 rings (SSSR count). The van der Waals surface area contributed by atoms with Gasteiger partial charge in [-0.05, 0) is 64.7 Å². The number of aromatic nitrogens is 3. The summed E-state index contributed by atoms with van der Waals surface area (Å²) in [5.74, 6) is 0.681. The zero-order valence-corrected chi connectivity index (χ0v) is 28.2. The van der Waals surface area contributed by atoms with Crippen LogP contribution in [0.4, 0.5) is 0 Å². The number of benzene rings is 7. The van der Waals surface area contributed by atoms with Gasteiger partial charge in [0, 0.05) is 49.2 Å². The molecule has 7 aromatic carbocycles. The highest BCUT2D eigenvalue weighted by molar-refractivity contribution is 6.16. The molecule has 3 heterocycles. The maximum atomic E-state index is 6.52. The van der Waals surface area contributed by atoms with Crippen LogP contribution in [0.5, 0.6) is 0 Å². The van der Waals surface area contributed by atoms with Crippen LogP contribution in [0.2, 0.25) is 0 Å². The summed E-state index contributed by atoms with van der Waals surface area (Å²) in [5.41, 5.74) is 14.3. The minimum atomic E-state index is -0.127. The molecule has 0 aliphatic heterocycles. The van der Waals surface area contributed by atoms with Crippen LogP contribution in [-0.2, 0) is 5.41 Å². The Balaban J connectivity index is 1.17. The minimum Gasteiger partial charge on any atom is -0.456 e. The Morgan fingerprint density at radius 2 is 1.29 bits per heavy atom. The summed E-state index contributed by atoms with van der Waals surface area (Å²) >= 11 is 0. The standard InChI is InChI=1S/C47H31N3O/c1-47(2)36-19-9-6-15-30(36)31-24-25-39-43(44(31)47)33-17-8-11-21-38(33)50(39)29-23-26-40-35(27-29)42-34(18-12-22-41(42)51-40)46-48-37-20-10-7-16-32(37)45(49-46)28-13-4-3-5-14-28/h3-27H,1-2H3. The minimum absolute atomic E-state index is 0.127. The van der Waals surface area contributed by atoms with Gasteiger partial charge in [0.15, 0.2) is 5.82 Å². The van der Waals surface area contributed by atoms with Crippen molar-refractivity contribution in [2.45, 2.75) is 19.3 Å². The molecule has 10 aromatic rings. The van der Waals surface area contributed by atoms with Crippen molar-refractivity contribution in [2.75, 3.05) is 0 Å². The van der Waals surface area contributed by atoms with Crippen LogP contribution in [0, 0.1) is 0 Å². The third-order valence-corrected chi connectivity index (χ3v) is 11.0. The fourth-order valence-electron chi connectivity index (χ4n) is 8.76. The largest absolute Gasteiger partial charge is 0.456 e. The third-order valence-electron chi connectivity index (χ3n) is 11.0. The topological polar surface area (TPSA) is 43.9 Å². The van der Waals surface area contributed by atoms with Gasteiger partial charge in [0.05, 0.1) is 22.2 Å². The Bertz CT molecular complexity index is 3060. The average Bonchev–Trinajstić information content (AvgIpc) is 3.80. The maximum Gasteiger partial charge on any atom is 0.161 e. The van der Waals surface area contributed by atoms with Crippen LogP contribution >= 0.6 is 0 Å². The van der Waals surface area contributed by atoms with E-state index in [1.165, 1.54) is 44.1 Å². The van der Waals surface area contributed by atoms with E-state index in [1.54, 1.807) is 0 Å².